The largest absolute Gasteiger partial charge is 0.479 e. The molecule has 19 heavy (non-hydrogen) atoms. The molecule has 0 amide bonds. The lowest BCUT2D eigenvalue weighted by Crippen LogP contribution is -2.29. The van der Waals surface area contributed by atoms with Crippen molar-refractivity contribution in [3.8, 4) is 11.8 Å². The van der Waals surface area contributed by atoms with Crippen LogP contribution in [0.15, 0.2) is 24.3 Å². The highest BCUT2D eigenvalue weighted by molar-refractivity contribution is 7.89. The van der Waals surface area contributed by atoms with Crippen molar-refractivity contribution in [2.24, 2.45) is 0 Å². The van der Waals surface area contributed by atoms with Gasteiger partial charge in [0.25, 0.3) is 0 Å². The molecule has 0 bridgehead atoms. The topological polar surface area (TPSA) is 91.2 Å². The number of benzene rings is 1. The van der Waals surface area contributed by atoms with Gasteiger partial charge in [0.15, 0.2) is 6.61 Å². The maximum Gasteiger partial charge on any atom is 0.212 e. The minimum Gasteiger partial charge on any atom is -0.479 e. The minimum atomic E-state index is -3.15. The van der Waals surface area contributed by atoms with Gasteiger partial charge in [0.05, 0.1) is 5.75 Å². The van der Waals surface area contributed by atoms with Gasteiger partial charge < -0.3 is 10.1 Å². The fourth-order valence-electron chi connectivity index (χ4n) is 1.36. The second kappa shape index (κ2) is 7.74. The molecule has 0 aliphatic rings. The predicted molar refractivity (Wildman–Crippen MR) is 72.1 cm³/mol. The third-order valence-electron chi connectivity index (χ3n) is 2.41. The summed E-state index contributed by atoms with van der Waals surface area (Å²) in [5, 5.41) is 11.4. The average molecular weight is 283 g/mol. The number of hydrogen-bond donors (Lipinski definition) is 2. The summed E-state index contributed by atoms with van der Waals surface area (Å²) in [6, 6.07) is 9.18. The summed E-state index contributed by atoms with van der Waals surface area (Å²) in [6.45, 7) is 0.993. The zero-order valence-corrected chi connectivity index (χ0v) is 11.5. The Kier molecular flexibility index (Phi) is 6.29. The molecule has 0 fully saturated rings. The van der Waals surface area contributed by atoms with E-state index in [2.05, 4.69) is 10.0 Å². The molecule has 0 spiro atoms. The highest BCUT2D eigenvalue weighted by Gasteiger charge is 2.05. The zero-order valence-electron chi connectivity index (χ0n) is 10.7. The standard InChI is InChI=1S/C12H17N3O3S/c1-14-19(16,17)9-7-15-10-11-2-4-12(5-3-11)18-8-6-13/h2-5,14-15H,7-10H2,1H3. The molecule has 0 aliphatic carbocycles. The van der Waals surface area contributed by atoms with Gasteiger partial charge in [0, 0.05) is 13.1 Å². The van der Waals surface area contributed by atoms with Crippen molar-refractivity contribution >= 4 is 10.0 Å². The number of nitrogens with one attached hydrogen (secondary N) is 2. The molecule has 0 atom stereocenters. The molecule has 6 nitrogen and oxygen atoms in total. The van der Waals surface area contributed by atoms with E-state index in [0.29, 0.717) is 18.8 Å². The van der Waals surface area contributed by atoms with Crippen LogP contribution in [0.2, 0.25) is 0 Å². The number of nitrogens with zero attached hydrogens (tertiary/aromatic N) is 1. The van der Waals surface area contributed by atoms with Crippen LogP contribution in [0.3, 0.4) is 0 Å². The second-order valence-electron chi connectivity index (χ2n) is 3.79. The first-order valence-electron chi connectivity index (χ1n) is 5.78. The van der Waals surface area contributed by atoms with Crippen LogP contribution in [0.4, 0.5) is 0 Å². The third kappa shape index (κ3) is 6.20. The summed E-state index contributed by atoms with van der Waals surface area (Å²) in [6.07, 6.45) is 0. The van der Waals surface area contributed by atoms with Gasteiger partial charge in [-0.3, -0.25) is 0 Å². The van der Waals surface area contributed by atoms with Gasteiger partial charge in [0.2, 0.25) is 10.0 Å². The van der Waals surface area contributed by atoms with Crippen LogP contribution in [0.25, 0.3) is 0 Å². The Morgan fingerprint density at radius 1 is 1.32 bits per heavy atom. The molecule has 0 aliphatic heterocycles. The first-order valence-corrected chi connectivity index (χ1v) is 7.43. The molecule has 7 heteroatoms. The van der Waals surface area contributed by atoms with Crippen molar-refractivity contribution in [3.63, 3.8) is 0 Å². The minimum absolute atomic E-state index is 0.0273. The van der Waals surface area contributed by atoms with Gasteiger partial charge in [-0.1, -0.05) is 12.1 Å². The van der Waals surface area contributed by atoms with Crippen molar-refractivity contribution < 1.29 is 13.2 Å². The molecule has 1 aromatic carbocycles. The fourth-order valence-corrected chi connectivity index (χ4v) is 1.98. The van der Waals surface area contributed by atoms with Crippen molar-refractivity contribution in [2.75, 3.05) is 26.0 Å². The van der Waals surface area contributed by atoms with Crippen LogP contribution >= 0.6 is 0 Å². The van der Waals surface area contributed by atoms with Crippen LogP contribution in [-0.2, 0) is 16.6 Å². The van der Waals surface area contributed by atoms with E-state index in [9.17, 15) is 8.42 Å². The molecule has 0 heterocycles. The van der Waals surface area contributed by atoms with Crippen molar-refractivity contribution in [1.29, 1.82) is 5.26 Å². The molecule has 0 radical (unpaired) electrons. The smallest absolute Gasteiger partial charge is 0.212 e. The summed E-state index contributed by atoms with van der Waals surface area (Å²) >= 11 is 0. The van der Waals surface area contributed by atoms with Gasteiger partial charge in [0.1, 0.15) is 11.8 Å². The van der Waals surface area contributed by atoms with Crippen LogP contribution in [0, 0.1) is 11.3 Å². The van der Waals surface area contributed by atoms with E-state index < -0.39 is 10.0 Å². The lowest BCUT2D eigenvalue weighted by atomic mass is 10.2. The average Bonchev–Trinajstić information content (AvgIpc) is 2.42. The molecule has 0 saturated carbocycles. The summed E-state index contributed by atoms with van der Waals surface area (Å²) < 4.78 is 29.7. The summed E-state index contributed by atoms with van der Waals surface area (Å²) in [7, 11) is -1.76. The Balaban J connectivity index is 2.32. The van der Waals surface area contributed by atoms with Crippen molar-refractivity contribution in [2.45, 2.75) is 6.54 Å². The number of rotatable bonds is 8. The summed E-state index contributed by atoms with van der Waals surface area (Å²) in [5.41, 5.74) is 1.02. The van der Waals surface area contributed by atoms with Crippen LogP contribution in [0.5, 0.6) is 5.75 Å². The molecule has 1 aromatic rings. The van der Waals surface area contributed by atoms with E-state index in [1.807, 2.05) is 18.2 Å². The Bertz CT molecular complexity index is 520. The van der Waals surface area contributed by atoms with Crippen molar-refractivity contribution in [1.82, 2.24) is 10.0 Å². The van der Waals surface area contributed by atoms with Gasteiger partial charge in [-0.05, 0) is 24.7 Å². The molecule has 2 N–H and O–H groups in total. The van der Waals surface area contributed by atoms with Crippen LogP contribution in [0.1, 0.15) is 5.56 Å². The third-order valence-corrected chi connectivity index (χ3v) is 3.78. The first-order chi connectivity index (χ1) is 9.07. The molecule has 104 valence electrons. The molecule has 0 saturated heterocycles. The van der Waals surface area contributed by atoms with E-state index in [1.165, 1.54) is 7.05 Å². The molecular formula is C12H17N3O3S. The van der Waals surface area contributed by atoms with E-state index in [4.69, 9.17) is 10.00 Å². The van der Waals surface area contributed by atoms with Gasteiger partial charge in [-0.15, -0.1) is 0 Å². The van der Waals surface area contributed by atoms with E-state index in [-0.39, 0.29) is 12.4 Å². The van der Waals surface area contributed by atoms with Crippen LogP contribution < -0.4 is 14.8 Å². The monoisotopic (exact) mass is 283 g/mol. The maximum atomic E-state index is 11.2. The number of ether oxygens (including phenoxy) is 1. The Hall–Kier alpha value is -1.62. The molecular weight excluding hydrogens is 266 g/mol. The predicted octanol–water partition coefficient (Wildman–Crippen LogP) is 0.228. The Morgan fingerprint density at radius 3 is 2.58 bits per heavy atom. The molecule has 0 unspecified atom stereocenters. The lowest BCUT2D eigenvalue weighted by molar-refractivity contribution is 0.368. The van der Waals surface area contributed by atoms with E-state index >= 15 is 0 Å². The maximum absolute atomic E-state index is 11.2. The van der Waals surface area contributed by atoms with Gasteiger partial charge >= 0.3 is 0 Å². The summed E-state index contributed by atoms with van der Waals surface area (Å²) in [5.74, 6) is 0.690. The lowest BCUT2D eigenvalue weighted by Gasteiger charge is -2.06. The highest BCUT2D eigenvalue weighted by atomic mass is 32.2. The molecule has 1 rings (SSSR count). The van der Waals surface area contributed by atoms with Gasteiger partial charge in [-0.25, -0.2) is 13.1 Å². The Morgan fingerprint density at radius 2 is 2.00 bits per heavy atom. The molecule has 0 aromatic heterocycles. The fraction of sp³-hybridized carbons (Fsp3) is 0.417. The Labute approximate surface area is 113 Å². The normalized spacial score (nSPS) is 10.9. The highest BCUT2D eigenvalue weighted by Crippen LogP contribution is 2.11. The number of nitriles is 1. The van der Waals surface area contributed by atoms with Crippen LogP contribution in [-0.4, -0.2) is 34.4 Å². The zero-order chi connectivity index (χ0) is 14.1. The van der Waals surface area contributed by atoms with Crippen molar-refractivity contribution in [3.05, 3.63) is 29.8 Å². The quantitative estimate of drug-likeness (QED) is 0.666. The number of sulfonamides is 1. The van der Waals surface area contributed by atoms with E-state index in [0.717, 1.165) is 5.56 Å². The SMILES string of the molecule is CNS(=O)(=O)CCNCc1ccc(OCC#N)cc1. The summed E-state index contributed by atoms with van der Waals surface area (Å²) in [4.78, 5) is 0. The first kappa shape index (κ1) is 15.4. The number of hydrogen-bond acceptors (Lipinski definition) is 5. The second-order valence-corrected chi connectivity index (χ2v) is 5.84. The van der Waals surface area contributed by atoms with Gasteiger partial charge in [-0.2, -0.15) is 5.26 Å². The van der Waals surface area contributed by atoms with E-state index in [1.54, 1.807) is 12.1 Å².